The van der Waals surface area contributed by atoms with Crippen molar-refractivity contribution in [2.24, 2.45) is 5.73 Å². The Bertz CT molecular complexity index is 421. The van der Waals surface area contributed by atoms with Gasteiger partial charge in [-0.25, -0.2) is 4.79 Å². The number of amides is 2. The van der Waals surface area contributed by atoms with Crippen LogP contribution < -0.4 is 16.4 Å². The molecule has 0 aromatic carbocycles. The van der Waals surface area contributed by atoms with Gasteiger partial charge in [-0.05, 0) is 44.8 Å². The number of halogens is 3. The number of primary amides is 1. The number of hydrogen-bond donors (Lipinski definition) is 3. The van der Waals surface area contributed by atoms with E-state index in [2.05, 4.69) is 24.5 Å². The molecule has 0 rings (SSSR count). The molecule has 0 radical (unpaired) electrons. The Balaban J connectivity index is 4.65. The van der Waals surface area contributed by atoms with Gasteiger partial charge in [0, 0.05) is 5.54 Å². The number of nitrogens with one attached hydrogen (secondary N) is 2. The summed E-state index contributed by atoms with van der Waals surface area (Å²) in [6, 6.07) is -2.27. The summed E-state index contributed by atoms with van der Waals surface area (Å²) in [6.45, 7) is 6.16. The van der Waals surface area contributed by atoms with Crippen molar-refractivity contribution in [2.45, 2.75) is 128 Å². The summed E-state index contributed by atoms with van der Waals surface area (Å²) in [4.78, 5) is 11.9. The zero-order valence-corrected chi connectivity index (χ0v) is 23.3. The Morgan fingerprint density at radius 3 is 1.68 bits per heavy atom. The maximum atomic E-state index is 11.9. The second-order valence-corrected chi connectivity index (χ2v) is 18.3. The summed E-state index contributed by atoms with van der Waals surface area (Å²) >= 11 is 17.9. The lowest BCUT2D eigenvalue weighted by atomic mass is 9.83. The molecular formula is C23H48Cl3N3OSi. The second-order valence-electron chi connectivity index (χ2n) is 9.02. The van der Waals surface area contributed by atoms with Crippen LogP contribution in [0.15, 0.2) is 0 Å². The van der Waals surface area contributed by atoms with E-state index in [1.54, 1.807) is 0 Å². The smallest absolute Gasteiger partial charge is 0.341 e. The molecule has 0 fully saturated rings. The van der Waals surface area contributed by atoms with E-state index in [1.165, 1.54) is 64.2 Å². The Morgan fingerprint density at radius 2 is 1.23 bits per heavy atom. The molecule has 2 amide bonds. The molecule has 0 aliphatic carbocycles. The second kappa shape index (κ2) is 19.8. The fraction of sp³-hybridized carbons (Fsp3) is 0.957. The predicted octanol–water partition coefficient (Wildman–Crippen LogP) is 7.92. The third-order valence-electron chi connectivity index (χ3n) is 6.00. The van der Waals surface area contributed by atoms with Crippen molar-refractivity contribution in [3.8, 4) is 0 Å². The molecule has 4 nitrogen and oxygen atoms in total. The van der Waals surface area contributed by atoms with Crippen LogP contribution in [-0.2, 0) is 0 Å². The summed E-state index contributed by atoms with van der Waals surface area (Å²) in [7, 11) is 0. The van der Waals surface area contributed by atoms with E-state index in [4.69, 9.17) is 39.0 Å². The lowest BCUT2D eigenvalue weighted by Gasteiger charge is -2.35. The fourth-order valence-electron chi connectivity index (χ4n) is 4.18. The maximum absolute atomic E-state index is 11.9. The number of rotatable bonds is 22. The van der Waals surface area contributed by atoms with Crippen molar-refractivity contribution in [3.63, 3.8) is 0 Å². The number of unbranched alkanes of at least 4 members (excludes halogenated alkanes) is 10. The van der Waals surface area contributed by atoms with E-state index in [1.807, 2.05) is 0 Å². The summed E-state index contributed by atoms with van der Waals surface area (Å²) in [5.74, 6) is 0. The Labute approximate surface area is 207 Å². The van der Waals surface area contributed by atoms with Crippen LogP contribution in [0.25, 0.3) is 0 Å². The molecule has 0 aromatic rings. The number of carbonyl (C=O) groups excluding carboxylic acids is 1. The van der Waals surface area contributed by atoms with Crippen LogP contribution in [0.2, 0.25) is 6.04 Å². The van der Waals surface area contributed by atoms with Gasteiger partial charge in [-0.15, -0.1) is 33.2 Å². The first-order valence-electron chi connectivity index (χ1n) is 12.6. The van der Waals surface area contributed by atoms with Gasteiger partial charge in [-0.1, -0.05) is 90.9 Å². The summed E-state index contributed by atoms with van der Waals surface area (Å²) < 4.78 is 0. The largest absolute Gasteiger partial charge is 0.352 e. The molecule has 0 atom stereocenters. The molecule has 0 saturated carbocycles. The molecule has 8 heteroatoms. The van der Waals surface area contributed by atoms with Gasteiger partial charge in [0.1, 0.15) is 0 Å². The SMILES string of the molecule is CCCCCCCCC(CCCCCCCC)(CCNCCC[Si](Cl)(Cl)Cl)NC(N)=O. The Morgan fingerprint density at radius 1 is 0.742 bits per heavy atom. The van der Waals surface area contributed by atoms with Crippen molar-refractivity contribution in [2.75, 3.05) is 13.1 Å². The molecule has 0 aliphatic heterocycles. The van der Waals surface area contributed by atoms with Crippen molar-refractivity contribution in [1.82, 2.24) is 10.6 Å². The zero-order chi connectivity index (χ0) is 23.4. The lowest BCUT2D eigenvalue weighted by molar-refractivity contribution is 0.213. The van der Waals surface area contributed by atoms with Crippen molar-refractivity contribution in [1.29, 1.82) is 0 Å². The van der Waals surface area contributed by atoms with E-state index in [0.29, 0.717) is 6.04 Å². The summed E-state index contributed by atoms with van der Waals surface area (Å²) in [5, 5.41) is 6.63. The Kier molecular flexibility index (Phi) is 20.0. The first-order chi connectivity index (χ1) is 14.7. The van der Waals surface area contributed by atoms with Crippen LogP contribution in [0, 0.1) is 0 Å². The van der Waals surface area contributed by atoms with Gasteiger partial charge in [-0.2, -0.15) is 0 Å². The van der Waals surface area contributed by atoms with E-state index in [0.717, 1.165) is 51.6 Å². The molecule has 0 aliphatic rings. The first-order valence-corrected chi connectivity index (χ1v) is 17.8. The van der Waals surface area contributed by atoms with E-state index in [9.17, 15) is 4.79 Å². The highest BCUT2D eigenvalue weighted by atomic mass is 35.8. The van der Waals surface area contributed by atoms with E-state index in [-0.39, 0.29) is 5.54 Å². The minimum absolute atomic E-state index is 0.210. The standard InChI is InChI=1S/C23H48Cl3N3OSi/c1-3-5-7-9-11-13-16-23(29-22(27)30,17-14-12-10-8-6-4-2)18-20-28-19-15-21-31(24,25)26/h28H,3-21H2,1-2H3,(H3,27,29,30). The van der Waals surface area contributed by atoms with E-state index < -0.39 is 12.0 Å². The first kappa shape index (κ1) is 31.3. The van der Waals surface area contributed by atoms with Crippen LogP contribution in [-0.4, -0.2) is 30.7 Å². The number of urea groups is 1. The lowest BCUT2D eigenvalue weighted by Crippen LogP contribution is -2.52. The number of hydrogen-bond acceptors (Lipinski definition) is 2. The van der Waals surface area contributed by atoms with Crippen LogP contribution in [0.5, 0.6) is 0 Å². The number of nitrogens with two attached hydrogens (primary N) is 1. The highest BCUT2D eigenvalue weighted by Crippen LogP contribution is 2.28. The molecular weight excluding hydrogens is 469 g/mol. The highest BCUT2D eigenvalue weighted by molar-refractivity contribution is 7.64. The molecule has 0 bridgehead atoms. The van der Waals surface area contributed by atoms with E-state index >= 15 is 0 Å². The van der Waals surface area contributed by atoms with Gasteiger partial charge in [0.2, 0.25) is 0 Å². The minimum atomic E-state index is -2.54. The van der Waals surface area contributed by atoms with Crippen molar-refractivity contribution < 1.29 is 4.79 Å². The van der Waals surface area contributed by atoms with Gasteiger partial charge in [-0.3, -0.25) is 0 Å². The van der Waals surface area contributed by atoms with Gasteiger partial charge >= 0.3 is 12.0 Å². The fourth-order valence-corrected chi connectivity index (χ4v) is 5.96. The van der Waals surface area contributed by atoms with Crippen LogP contribution in [0.4, 0.5) is 4.79 Å². The summed E-state index contributed by atoms with van der Waals surface area (Å²) in [5.41, 5.74) is 5.40. The molecule has 31 heavy (non-hydrogen) atoms. The monoisotopic (exact) mass is 515 g/mol. The normalized spacial score (nSPS) is 12.3. The Hall–Kier alpha value is 0.317. The van der Waals surface area contributed by atoms with Crippen LogP contribution in [0.1, 0.15) is 117 Å². The van der Waals surface area contributed by atoms with Crippen molar-refractivity contribution in [3.05, 3.63) is 0 Å². The molecule has 4 N–H and O–H groups in total. The van der Waals surface area contributed by atoms with Crippen molar-refractivity contribution >= 4 is 45.3 Å². The average Bonchev–Trinajstić information content (AvgIpc) is 2.68. The molecule has 0 saturated heterocycles. The van der Waals surface area contributed by atoms with Gasteiger partial charge < -0.3 is 16.4 Å². The third-order valence-corrected chi connectivity index (χ3v) is 8.62. The predicted molar refractivity (Wildman–Crippen MR) is 142 cm³/mol. The molecule has 0 unspecified atom stereocenters. The molecule has 0 heterocycles. The van der Waals surface area contributed by atoms with Gasteiger partial charge in [0.05, 0.1) is 0 Å². The molecule has 0 aromatic heterocycles. The van der Waals surface area contributed by atoms with Crippen LogP contribution in [0.3, 0.4) is 0 Å². The van der Waals surface area contributed by atoms with Gasteiger partial charge in [0.15, 0.2) is 0 Å². The zero-order valence-electron chi connectivity index (χ0n) is 20.1. The molecule has 186 valence electrons. The quantitative estimate of drug-likeness (QED) is 0.0776. The minimum Gasteiger partial charge on any atom is -0.352 e. The average molecular weight is 517 g/mol. The van der Waals surface area contributed by atoms with Gasteiger partial charge in [0.25, 0.3) is 0 Å². The third kappa shape index (κ3) is 20.6. The highest BCUT2D eigenvalue weighted by Gasteiger charge is 2.30. The number of carbonyl (C=O) groups is 1. The topological polar surface area (TPSA) is 67.2 Å². The molecule has 0 spiro atoms. The summed E-state index contributed by atoms with van der Waals surface area (Å²) in [6.07, 6.45) is 18.8. The maximum Gasteiger partial charge on any atom is 0.341 e. The van der Waals surface area contributed by atoms with Crippen LogP contribution >= 0.6 is 33.2 Å².